The van der Waals surface area contributed by atoms with Gasteiger partial charge in [-0.3, -0.25) is 0 Å². The highest BCUT2D eigenvalue weighted by molar-refractivity contribution is 9.10. The van der Waals surface area contributed by atoms with Crippen molar-refractivity contribution in [1.29, 1.82) is 0 Å². The molecule has 150 valence electrons. The first-order valence-electron chi connectivity index (χ1n) is 9.52. The highest BCUT2D eigenvalue weighted by Gasteiger charge is 2.19. The zero-order valence-electron chi connectivity index (χ0n) is 16.3. The van der Waals surface area contributed by atoms with E-state index >= 15 is 0 Å². The van der Waals surface area contributed by atoms with Gasteiger partial charge in [0, 0.05) is 33.2 Å². The van der Waals surface area contributed by atoms with Crippen LogP contribution in [0.4, 0.5) is 0 Å². The molecular weight excluding hydrogens is 428 g/mol. The number of aromatic hydroxyl groups is 1. The molecule has 1 saturated heterocycles. The molecule has 0 saturated carbocycles. The highest BCUT2D eigenvalue weighted by atomic mass is 79.9. The predicted octanol–water partition coefficient (Wildman–Crippen LogP) is 4.86. The molecule has 1 unspecified atom stereocenters. The lowest BCUT2D eigenvalue weighted by molar-refractivity contribution is -0.170. The fourth-order valence-electron chi connectivity index (χ4n) is 3.10. The number of ether oxygens (including phenoxy) is 3. The van der Waals surface area contributed by atoms with E-state index in [0.29, 0.717) is 18.7 Å². The number of aromatic nitrogens is 2. The topological polar surface area (TPSA) is 65.7 Å². The zero-order valence-corrected chi connectivity index (χ0v) is 18.9. The Labute approximate surface area is 170 Å². The molecule has 3 rings (SSSR count). The first-order valence-corrected chi connectivity index (χ1v) is 14.0. The van der Waals surface area contributed by atoms with Crippen LogP contribution < -0.4 is 0 Å². The molecule has 27 heavy (non-hydrogen) atoms. The van der Waals surface area contributed by atoms with Gasteiger partial charge in [0.25, 0.3) is 0 Å². The molecule has 2 aromatic heterocycles. The van der Waals surface area contributed by atoms with Crippen LogP contribution in [0.25, 0.3) is 10.9 Å². The number of fused-ring (bicyclic) bond motifs is 1. The van der Waals surface area contributed by atoms with E-state index in [-0.39, 0.29) is 12.2 Å². The van der Waals surface area contributed by atoms with E-state index < -0.39 is 8.07 Å². The third-order valence-corrected chi connectivity index (χ3v) is 7.01. The molecule has 0 bridgehead atoms. The van der Waals surface area contributed by atoms with Crippen LogP contribution in [0.3, 0.4) is 0 Å². The number of halogens is 1. The van der Waals surface area contributed by atoms with Crippen LogP contribution in [-0.2, 0) is 27.5 Å². The van der Waals surface area contributed by atoms with E-state index in [4.69, 9.17) is 14.2 Å². The summed E-state index contributed by atoms with van der Waals surface area (Å²) in [5.74, 6) is 0.0178. The van der Waals surface area contributed by atoms with E-state index in [0.717, 1.165) is 54.2 Å². The fraction of sp³-hybridized carbons (Fsp3) is 0.632. The summed E-state index contributed by atoms with van der Waals surface area (Å²) in [6.07, 6.45) is 4.60. The Morgan fingerprint density at radius 2 is 2.19 bits per heavy atom. The van der Waals surface area contributed by atoms with E-state index in [1.54, 1.807) is 6.20 Å². The van der Waals surface area contributed by atoms with Gasteiger partial charge in [-0.2, -0.15) is 0 Å². The van der Waals surface area contributed by atoms with E-state index in [9.17, 15) is 5.11 Å². The van der Waals surface area contributed by atoms with Gasteiger partial charge in [-0.15, -0.1) is 0 Å². The van der Waals surface area contributed by atoms with Crippen molar-refractivity contribution in [2.24, 2.45) is 0 Å². The Hall–Kier alpha value is -0.933. The predicted molar refractivity (Wildman–Crippen MR) is 112 cm³/mol. The van der Waals surface area contributed by atoms with Crippen molar-refractivity contribution in [3.63, 3.8) is 0 Å². The normalized spacial score (nSPS) is 18.3. The van der Waals surface area contributed by atoms with Gasteiger partial charge < -0.3 is 23.9 Å². The van der Waals surface area contributed by atoms with Crippen LogP contribution in [0.2, 0.25) is 25.7 Å². The largest absolute Gasteiger partial charge is 0.493 e. The SMILES string of the molecule is C[Si](C)(C)CCOCn1c(COC2CCCCO2)cc2c(O)ncc(Br)c21. The number of nitrogens with zero attached hydrogens (tertiary/aromatic N) is 2. The summed E-state index contributed by atoms with van der Waals surface area (Å²) in [7, 11) is -1.14. The van der Waals surface area contributed by atoms with Gasteiger partial charge in [0.05, 0.1) is 22.0 Å². The lowest BCUT2D eigenvalue weighted by Crippen LogP contribution is -2.23. The maximum Gasteiger partial charge on any atom is 0.220 e. The highest BCUT2D eigenvalue weighted by Crippen LogP contribution is 2.32. The van der Waals surface area contributed by atoms with E-state index in [2.05, 4.69) is 40.6 Å². The van der Waals surface area contributed by atoms with Crippen LogP contribution in [0, 0.1) is 0 Å². The lowest BCUT2D eigenvalue weighted by atomic mass is 10.2. The van der Waals surface area contributed by atoms with Crippen molar-refractivity contribution >= 4 is 34.9 Å². The minimum absolute atomic E-state index is 0.0178. The maximum atomic E-state index is 10.2. The minimum atomic E-state index is -1.14. The number of hydrogen-bond acceptors (Lipinski definition) is 5. The van der Waals surface area contributed by atoms with Crippen molar-refractivity contribution in [1.82, 2.24) is 9.55 Å². The van der Waals surface area contributed by atoms with Gasteiger partial charge in [-0.1, -0.05) is 19.6 Å². The van der Waals surface area contributed by atoms with Crippen LogP contribution >= 0.6 is 15.9 Å². The number of rotatable bonds is 8. The summed E-state index contributed by atoms with van der Waals surface area (Å²) >= 11 is 3.56. The van der Waals surface area contributed by atoms with Crippen LogP contribution in [0.15, 0.2) is 16.7 Å². The van der Waals surface area contributed by atoms with Crippen molar-refractivity contribution in [3.05, 3.63) is 22.4 Å². The monoisotopic (exact) mass is 456 g/mol. The minimum Gasteiger partial charge on any atom is -0.493 e. The third kappa shape index (κ3) is 5.54. The molecule has 0 amide bonds. The first kappa shape index (κ1) is 20.8. The van der Waals surface area contributed by atoms with Crippen molar-refractivity contribution in [2.75, 3.05) is 13.2 Å². The second-order valence-corrected chi connectivity index (χ2v) is 14.7. The summed E-state index contributed by atoms with van der Waals surface area (Å²) in [5.41, 5.74) is 1.81. The van der Waals surface area contributed by atoms with E-state index in [1.807, 2.05) is 10.6 Å². The lowest BCUT2D eigenvalue weighted by Gasteiger charge is -2.23. The summed E-state index contributed by atoms with van der Waals surface area (Å²) in [5, 5.41) is 10.9. The van der Waals surface area contributed by atoms with Crippen LogP contribution in [0.1, 0.15) is 25.0 Å². The van der Waals surface area contributed by atoms with Gasteiger partial charge in [-0.25, -0.2) is 4.98 Å². The summed E-state index contributed by atoms with van der Waals surface area (Å²) in [6, 6.07) is 3.04. The number of hydrogen-bond donors (Lipinski definition) is 1. The van der Waals surface area contributed by atoms with Gasteiger partial charge in [0.15, 0.2) is 6.29 Å². The molecule has 0 aromatic carbocycles. The van der Waals surface area contributed by atoms with Crippen LogP contribution in [0.5, 0.6) is 5.88 Å². The quantitative estimate of drug-likeness (QED) is 0.453. The van der Waals surface area contributed by atoms with Gasteiger partial charge in [-0.05, 0) is 47.3 Å². The Kier molecular flexibility index (Phi) is 6.96. The van der Waals surface area contributed by atoms with Crippen molar-refractivity contribution < 1.29 is 19.3 Å². The molecule has 1 atom stereocenters. The maximum absolute atomic E-state index is 10.2. The summed E-state index contributed by atoms with van der Waals surface area (Å²) < 4.78 is 20.5. The zero-order chi connectivity index (χ0) is 19.4. The summed E-state index contributed by atoms with van der Waals surface area (Å²) in [4.78, 5) is 4.03. The van der Waals surface area contributed by atoms with Crippen molar-refractivity contribution in [2.45, 2.75) is 64.6 Å². The average molecular weight is 457 g/mol. The average Bonchev–Trinajstić information content (AvgIpc) is 3.00. The van der Waals surface area contributed by atoms with Crippen molar-refractivity contribution in [3.8, 4) is 5.88 Å². The molecule has 8 heteroatoms. The van der Waals surface area contributed by atoms with Gasteiger partial charge in [0.1, 0.15) is 6.73 Å². The smallest absolute Gasteiger partial charge is 0.220 e. The fourth-order valence-corrected chi connectivity index (χ4v) is 4.39. The van der Waals surface area contributed by atoms with Gasteiger partial charge >= 0.3 is 0 Å². The van der Waals surface area contributed by atoms with Crippen LogP contribution in [-0.4, -0.2) is 42.2 Å². The molecule has 0 aliphatic carbocycles. The van der Waals surface area contributed by atoms with E-state index in [1.165, 1.54) is 0 Å². The molecule has 1 fully saturated rings. The molecule has 0 spiro atoms. The molecule has 6 nitrogen and oxygen atoms in total. The molecule has 0 radical (unpaired) electrons. The molecule has 2 aromatic rings. The number of pyridine rings is 1. The Balaban J connectivity index is 1.78. The Morgan fingerprint density at radius 3 is 2.89 bits per heavy atom. The molecular formula is C19H29BrN2O4Si. The summed E-state index contributed by atoms with van der Waals surface area (Å²) in [6.45, 7) is 9.32. The standard InChI is InChI=1S/C19H29BrN2O4Si/c1-27(2,3)9-8-24-13-22-14(12-26-17-6-4-5-7-25-17)10-15-18(22)16(20)11-21-19(15)23/h10-11,17H,4-9,12-13H2,1-3H3,(H,21,23). The second-order valence-electron chi connectivity index (χ2n) is 8.21. The van der Waals surface area contributed by atoms with Gasteiger partial charge in [0.2, 0.25) is 5.88 Å². The Bertz CT molecular complexity index is 769. The first-order chi connectivity index (χ1) is 12.8. The third-order valence-electron chi connectivity index (χ3n) is 4.72. The second kappa shape index (κ2) is 9.04. The molecule has 1 aliphatic rings. The molecule has 3 heterocycles. The molecule has 1 N–H and O–H groups in total. The molecule has 1 aliphatic heterocycles. The Morgan fingerprint density at radius 1 is 1.37 bits per heavy atom.